The van der Waals surface area contributed by atoms with Gasteiger partial charge in [-0.25, -0.2) is 0 Å². The van der Waals surface area contributed by atoms with Crippen molar-refractivity contribution in [1.29, 1.82) is 21.0 Å². The van der Waals surface area contributed by atoms with E-state index in [1.54, 1.807) is 22.5 Å². The molecular weight excluding hydrogens is 1010 g/mol. The summed E-state index contributed by atoms with van der Waals surface area (Å²) in [4.78, 5) is 5.08. The first kappa shape index (κ1) is 47.1. The van der Waals surface area contributed by atoms with Crippen molar-refractivity contribution in [2.45, 2.75) is 103 Å². The summed E-state index contributed by atoms with van der Waals surface area (Å²) < 4.78 is 38.5. The molecule has 7 heterocycles. The first-order valence-electron chi connectivity index (χ1n) is 24.0. The maximum Gasteiger partial charge on any atom is 0.130 e. The molecule has 0 saturated heterocycles. The molecule has 0 fully saturated rings. The third-order valence-corrected chi connectivity index (χ3v) is 24.3. The van der Waals surface area contributed by atoms with Gasteiger partial charge in [0.1, 0.15) is 87.6 Å². The molecule has 6 aromatic heterocycles. The third-order valence-electron chi connectivity index (χ3n) is 14.0. The average Bonchev–Trinajstić information content (AvgIpc) is 4.25. The number of hydrogen-bond acceptors (Lipinski definition) is 18. The van der Waals surface area contributed by atoms with Crippen molar-refractivity contribution < 1.29 is 0 Å². The zero-order valence-corrected chi connectivity index (χ0v) is 44.7. The van der Waals surface area contributed by atoms with Gasteiger partial charge in [0.2, 0.25) is 0 Å². The zero-order chi connectivity index (χ0) is 48.6. The van der Waals surface area contributed by atoms with E-state index >= 15 is 0 Å². The SMILES string of the molecule is CCCCCCCC[Si]1(CCCCCCCC)c2cc(-c3cc4c(cc(C=C(C#N)C#N)c5nsnc54)c4nsnc34)sc2-c2sc(-c3cc4c(cc(C=C(C#N)C#N)c5nsnc54)c4nsnc34)cc21. The summed E-state index contributed by atoms with van der Waals surface area (Å²) in [6.07, 6.45) is 18.1. The Bertz CT molecular complexity index is 3680. The lowest BCUT2D eigenvalue weighted by molar-refractivity contribution is 0.616. The number of hydrogen-bond donors (Lipinski definition) is 0. The van der Waals surface area contributed by atoms with Crippen LogP contribution in [0.15, 0.2) is 47.5 Å². The minimum Gasteiger partial charge on any atom is -0.192 e. The van der Waals surface area contributed by atoms with Crippen LogP contribution in [0.1, 0.15) is 102 Å². The number of nitriles is 4. The molecule has 0 amide bonds. The number of unbranched alkanes of at least 4 members (excludes halogenated alkanes) is 10. The van der Waals surface area contributed by atoms with Crippen LogP contribution in [0.4, 0.5) is 0 Å². The normalized spacial score (nSPS) is 12.6. The second-order valence-corrected chi connectivity index (χ2v) is 26.7. The van der Waals surface area contributed by atoms with Crippen molar-refractivity contribution in [2.24, 2.45) is 0 Å². The summed E-state index contributed by atoms with van der Waals surface area (Å²) in [5.74, 6) is 0. The van der Waals surface area contributed by atoms with Gasteiger partial charge in [-0.2, -0.15) is 56.0 Å². The molecule has 11 rings (SSSR count). The van der Waals surface area contributed by atoms with E-state index in [9.17, 15) is 21.0 Å². The molecule has 19 heteroatoms. The first-order chi connectivity index (χ1) is 34.9. The van der Waals surface area contributed by atoms with Crippen molar-refractivity contribution in [1.82, 2.24) is 35.0 Å². The molecule has 0 saturated carbocycles. The molecule has 0 bridgehead atoms. The van der Waals surface area contributed by atoms with Crippen molar-refractivity contribution in [3.05, 3.63) is 58.7 Å². The van der Waals surface area contributed by atoms with E-state index in [0.29, 0.717) is 22.2 Å². The Labute approximate surface area is 435 Å². The summed E-state index contributed by atoms with van der Waals surface area (Å²) in [6, 6.07) is 23.8. The third kappa shape index (κ3) is 8.24. The molecule has 4 aromatic carbocycles. The van der Waals surface area contributed by atoms with Crippen molar-refractivity contribution >= 4 is 166 Å². The monoisotopic (exact) mass is 1050 g/mol. The van der Waals surface area contributed by atoms with Crippen LogP contribution >= 0.6 is 69.6 Å². The summed E-state index contributed by atoms with van der Waals surface area (Å²) in [5, 5.41) is 45.2. The van der Waals surface area contributed by atoms with Gasteiger partial charge in [-0.05, 0) is 71.0 Å². The van der Waals surface area contributed by atoms with E-state index in [4.69, 9.17) is 26.2 Å². The Balaban J connectivity index is 1.10. The van der Waals surface area contributed by atoms with Gasteiger partial charge in [-0.3, -0.25) is 0 Å². The highest BCUT2D eigenvalue weighted by Gasteiger charge is 2.48. The van der Waals surface area contributed by atoms with E-state index in [1.807, 2.05) is 59.1 Å². The largest absolute Gasteiger partial charge is 0.192 e. The summed E-state index contributed by atoms with van der Waals surface area (Å²) in [5.41, 5.74) is 9.36. The zero-order valence-electron chi connectivity index (χ0n) is 38.8. The van der Waals surface area contributed by atoms with E-state index < -0.39 is 8.07 Å². The fourth-order valence-electron chi connectivity index (χ4n) is 10.6. The highest BCUT2D eigenvalue weighted by atomic mass is 32.1. The number of allylic oxidation sites excluding steroid dienone is 2. The van der Waals surface area contributed by atoms with E-state index in [0.717, 1.165) is 89.2 Å². The smallest absolute Gasteiger partial charge is 0.130 e. The van der Waals surface area contributed by atoms with E-state index in [-0.39, 0.29) is 11.1 Å². The Kier molecular flexibility index (Phi) is 13.3. The van der Waals surface area contributed by atoms with Gasteiger partial charge in [0.25, 0.3) is 0 Å². The lowest BCUT2D eigenvalue weighted by atomic mass is 9.98. The summed E-state index contributed by atoms with van der Waals surface area (Å²) in [6.45, 7) is 4.56. The van der Waals surface area contributed by atoms with Crippen LogP contribution < -0.4 is 10.4 Å². The summed E-state index contributed by atoms with van der Waals surface area (Å²) in [7, 11) is -2.38. The lowest BCUT2D eigenvalue weighted by Gasteiger charge is -2.29. The van der Waals surface area contributed by atoms with Crippen molar-refractivity contribution in [3.63, 3.8) is 0 Å². The van der Waals surface area contributed by atoms with Crippen LogP contribution in [-0.4, -0.2) is 43.1 Å². The molecule has 0 spiro atoms. The molecular formula is C52H42N12S6Si. The highest BCUT2D eigenvalue weighted by molar-refractivity contribution is 7.31. The Morgan fingerprint density at radius 1 is 0.437 bits per heavy atom. The minimum absolute atomic E-state index is 0.000485. The molecule has 350 valence electrons. The van der Waals surface area contributed by atoms with Crippen molar-refractivity contribution in [2.75, 3.05) is 0 Å². The van der Waals surface area contributed by atoms with E-state index in [2.05, 4.69) is 46.9 Å². The number of aromatic nitrogens is 8. The number of nitrogens with zero attached hydrogens (tertiary/aromatic N) is 12. The predicted octanol–water partition coefficient (Wildman–Crippen LogP) is 14.6. The average molecular weight is 1060 g/mol. The Morgan fingerprint density at radius 3 is 1.17 bits per heavy atom. The predicted molar refractivity (Wildman–Crippen MR) is 297 cm³/mol. The standard InChI is InChI=1S/C52H42N12S6Si/c1-3-5-7-9-11-13-15-71(16-14-12-10-8-6-4-2)41-23-39(37-21-35-33(47-49(37)63-69-61-47)19-31(17-29(25-53)26-54)43-45(35)59-67-57-43)65-51(41)52-42(71)24-40(66-52)38-22-36-34(48-50(38)64-70-62-48)20-32(18-30(27-55)28-56)44-46(36)60-68-58-44/h17-24H,3-16H2,1-2H3. The van der Waals surface area contributed by atoms with Crippen LogP contribution in [0, 0.1) is 45.3 Å². The topological polar surface area (TPSA) is 198 Å². The Morgan fingerprint density at radius 2 is 0.775 bits per heavy atom. The molecule has 0 aliphatic carbocycles. The number of thiophene rings is 2. The lowest BCUT2D eigenvalue weighted by Crippen LogP contribution is -2.54. The van der Waals surface area contributed by atoms with Crippen molar-refractivity contribution in [3.8, 4) is 54.9 Å². The highest BCUT2D eigenvalue weighted by Crippen LogP contribution is 2.50. The quantitative estimate of drug-likeness (QED) is 0.0448. The molecule has 12 nitrogen and oxygen atoms in total. The molecule has 0 unspecified atom stereocenters. The van der Waals surface area contributed by atoms with Gasteiger partial charge in [-0.1, -0.05) is 90.9 Å². The van der Waals surface area contributed by atoms with E-state index in [1.165, 1.54) is 132 Å². The molecule has 10 aromatic rings. The molecule has 0 radical (unpaired) electrons. The first-order valence-corrected chi connectivity index (χ1v) is 30.9. The van der Waals surface area contributed by atoms with Crippen LogP contribution in [-0.2, 0) is 0 Å². The second kappa shape index (κ2) is 20.1. The van der Waals surface area contributed by atoms with Gasteiger partial charge in [0, 0.05) is 63.3 Å². The number of fused-ring (bicyclic) bond motifs is 13. The van der Waals surface area contributed by atoms with Crippen LogP contribution in [0.25, 0.3) is 108 Å². The van der Waals surface area contributed by atoms with Crippen LogP contribution in [0.5, 0.6) is 0 Å². The Hall–Kier alpha value is -6.26. The van der Waals surface area contributed by atoms with Gasteiger partial charge in [-0.15, -0.1) is 22.7 Å². The fourth-order valence-corrected chi connectivity index (χ4v) is 22.3. The van der Waals surface area contributed by atoms with Gasteiger partial charge in [0.05, 0.1) is 46.9 Å². The van der Waals surface area contributed by atoms with Gasteiger partial charge < -0.3 is 0 Å². The minimum atomic E-state index is -2.38. The molecule has 0 atom stereocenters. The number of rotatable bonds is 18. The maximum absolute atomic E-state index is 9.64. The summed E-state index contributed by atoms with van der Waals surface area (Å²) >= 11 is 8.39. The van der Waals surface area contributed by atoms with Crippen LogP contribution in [0.3, 0.4) is 0 Å². The fraction of sp³-hybridized carbons (Fsp3) is 0.308. The molecule has 1 aliphatic rings. The number of benzene rings is 4. The van der Waals surface area contributed by atoms with Gasteiger partial charge in [0.15, 0.2) is 0 Å². The molecule has 71 heavy (non-hydrogen) atoms. The van der Waals surface area contributed by atoms with Gasteiger partial charge >= 0.3 is 0 Å². The second-order valence-electron chi connectivity index (χ2n) is 18.2. The molecule has 0 N–H and O–H groups in total. The maximum atomic E-state index is 9.64. The molecule has 1 aliphatic heterocycles. The van der Waals surface area contributed by atoms with Crippen LogP contribution in [0.2, 0.25) is 12.1 Å².